The number of sulfone groups is 1. The fourth-order valence-corrected chi connectivity index (χ4v) is 4.52. The molecule has 7 nitrogen and oxygen atoms in total. The van der Waals surface area contributed by atoms with Crippen molar-refractivity contribution >= 4 is 15.7 Å². The van der Waals surface area contributed by atoms with Gasteiger partial charge in [-0.05, 0) is 49.4 Å². The van der Waals surface area contributed by atoms with Gasteiger partial charge in [-0.15, -0.1) is 0 Å². The zero-order chi connectivity index (χ0) is 20.4. The fourth-order valence-electron chi connectivity index (χ4n) is 3.21. The summed E-state index contributed by atoms with van der Waals surface area (Å²) >= 11 is 0. The van der Waals surface area contributed by atoms with E-state index in [1.54, 1.807) is 19.2 Å². The Labute approximate surface area is 167 Å². The third-order valence-electron chi connectivity index (χ3n) is 4.97. The van der Waals surface area contributed by atoms with Crippen LogP contribution in [0.4, 0.5) is 0 Å². The number of hydrogen-bond acceptors (Lipinski definition) is 6. The molecule has 0 radical (unpaired) electrons. The summed E-state index contributed by atoms with van der Waals surface area (Å²) in [5, 5.41) is 0. The lowest BCUT2D eigenvalue weighted by Crippen LogP contribution is -2.39. The minimum absolute atomic E-state index is 0.0312. The minimum atomic E-state index is -3.39. The lowest BCUT2D eigenvalue weighted by molar-refractivity contribution is -0.132. The largest absolute Gasteiger partial charge is 0.497 e. The predicted octanol–water partition coefficient (Wildman–Crippen LogP) is 2.15. The first-order chi connectivity index (χ1) is 13.5. The van der Waals surface area contributed by atoms with Gasteiger partial charge in [0.15, 0.2) is 9.84 Å². The van der Waals surface area contributed by atoms with Crippen LogP contribution in [0, 0.1) is 5.92 Å². The van der Waals surface area contributed by atoms with Gasteiger partial charge in [-0.25, -0.2) is 8.42 Å². The molecule has 1 aromatic rings. The van der Waals surface area contributed by atoms with Crippen molar-refractivity contribution in [1.29, 1.82) is 0 Å². The lowest BCUT2D eigenvalue weighted by Gasteiger charge is -2.32. The maximum atomic E-state index is 12.4. The van der Waals surface area contributed by atoms with Crippen LogP contribution >= 0.6 is 0 Å². The topological polar surface area (TPSA) is 82.1 Å². The molecular formula is C20H31NO6S. The number of carbonyl (C=O) groups excluding carboxylic acids is 1. The molecule has 2 rings (SSSR count). The molecule has 1 aliphatic heterocycles. The Kier molecular flexibility index (Phi) is 9.21. The van der Waals surface area contributed by atoms with Crippen molar-refractivity contribution in [3.05, 3.63) is 24.3 Å². The zero-order valence-corrected chi connectivity index (χ0v) is 17.6. The van der Waals surface area contributed by atoms with Crippen molar-refractivity contribution in [3.63, 3.8) is 0 Å². The van der Waals surface area contributed by atoms with Crippen LogP contribution < -0.4 is 4.74 Å². The van der Waals surface area contributed by atoms with Gasteiger partial charge in [-0.3, -0.25) is 4.79 Å². The Morgan fingerprint density at radius 3 is 2.39 bits per heavy atom. The standard InChI is InChI=1S/C20H31NO6S/c1-25-13-14-27-16-17-9-11-21(12-10-17)20(22)4-3-15-28(23,24)19-7-5-18(26-2)6-8-19/h5-8,17H,3-4,9-16H2,1-2H3. The maximum Gasteiger partial charge on any atom is 0.222 e. The summed E-state index contributed by atoms with van der Waals surface area (Å²) in [4.78, 5) is 14.5. The Hall–Kier alpha value is -1.64. The third-order valence-corrected chi connectivity index (χ3v) is 6.79. The van der Waals surface area contributed by atoms with E-state index in [0.717, 1.165) is 12.8 Å². The monoisotopic (exact) mass is 413 g/mol. The Balaban J connectivity index is 1.69. The number of likely N-dealkylation sites (tertiary alicyclic amines) is 1. The molecule has 0 unspecified atom stereocenters. The number of ether oxygens (including phenoxy) is 3. The molecule has 1 aromatic carbocycles. The Morgan fingerprint density at radius 2 is 1.79 bits per heavy atom. The Morgan fingerprint density at radius 1 is 1.11 bits per heavy atom. The molecular weight excluding hydrogens is 382 g/mol. The molecule has 1 amide bonds. The van der Waals surface area contributed by atoms with Crippen LogP contribution in [-0.4, -0.2) is 72.1 Å². The average molecular weight is 414 g/mol. The van der Waals surface area contributed by atoms with Crippen LogP contribution in [0.1, 0.15) is 25.7 Å². The van der Waals surface area contributed by atoms with Gasteiger partial charge in [0, 0.05) is 33.2 Å². The first-order valence-corrected chi connectivity index (χ1v) is 11.3. The second kappa shape index (κ2) is 11.4. The maximum absolute atomic E-state index is 12.4. The molecule has 8 heteroatoms. The third kappa shape index (κ3) is 7.07. The highest BCUT2D eigenvalue weighted by Gasteiger charge is 2.23. The van der Waals surface area contributed by atoms with Crippen LogP contribution in [0.3, 0.4) is 0 Å². The van der Waals surface area contributed by atoms with E-state index >= 15 is 0 Å². The summed E-state index contributed by atoms with van der Waals surface area (Å²) in [6, 6.07) is 6.33. The highest BCUT2D eigenvalue weighted by Crippen LogP contribution is 2.20. The van der Waals surface area contributed by atoms with Gasteiger partial charge in [0.2, 0.25) is 5.91 Å². The highest BCUT2D eigenvalue weighted by molar-refractivity contribution is 7.91. The van der Waals surface area contributed by atoms with Crippen LogP contribution in [0.2, 0.25) is 0 Å². The molecule has 1 fully saturated rings. The number of methoxy groups -OCH3 is 2. The summed E-state index contributed by atoms with van der Waals surface area (Å²) in [5.41, 5.74) is 0. The SMILES string of the molecule is COCCOCC1CCN(C(=O)CCCS(=O)(=O)c2ccc(OC)cc2)CC1. The molecule has 0 aromatic heterocycles. The van der Waals surface area contributed by atoms with E-state index in [9.17, 15) is 13.2 Å². The smallest absolute Gasteiger partial charge is 0.222 e. The second-order valence-electron chi connectivity index (χ2n) is 6.99. The van der Waals surface area contributed by atoms with Crippen molar-refractivity contribution < 1.29 is 27.4 Å². The zero-order valence-electron chi connectivity index (χ0n) is 16.8. The van der Waals surface area contributed by atoms with E-state index < -0.39 is 9.84 Å². The molecule has 0 bridgehead atoms. The van der Waals surface area contributed by atoms with Gasteiger partial charge in [0.25, 0.3) is 0 Å². The predicted molar refractivity (Wildman–Crippen MR) is 106 cm³/mol. The number of piperidine rings is 1. The normalized spacial score (nSPS) is 15.6. The first kappa shape index (κ1) is 22.6. The van der Waals surface area contributed by atoms with E-state index in [-0.39, 0.29) is 23.0 Å². The van der Waals surface area contributed by atoms with Crippen molar-refractivity contribution in [2.45, 2.75) is 30.6 Å². The summed E-state index contributed by atoms with van der Waals surface area (Å²) in [6.07, 6.45) is 2.42. The molecule has 1 aliphatic rings. The number of amides is 1. The molecule has 28 heavy (non-hydrogen) atoms. The molecule has 0 atom stereocenters. The summed E-state index contributed by atoms with van der Waals surface area (Å²) in [7, 11) is -0.206. The van der Waals surface area contributed by atoms with Gasteiger partial charge >= 0.3 is 0 Å². The first-order valence-electron chi connectivity index (χ1n) is 9.67. The molecule has 0 aliphatic carbocycles. The summed E-state index contributed by atoms with van der Waals surface area (Å²) < 4.78 is 40.3. The van der Waals surface area contributed by atoms with E-state index in [0.29, 0.717) is 51.0 Å². The minimum Gasteiger partial charge on any atom is -0.497 e. The van der Waals surface area contributed by atoms with Crippen LogP contribution in [0.25, 0.3) is 0 Å². The van der Waals surface area contributed by atoms with Gasteiger partial charge < -0.3 is 19.1 Å². The van der Waals surface area contributed by atoms with Crippen LogP contribution in [0.15, 0.2) is 29.2 Å². The number of carbonyl (C=O) groups is 1. The van der Waals surface area contributed by atoms with Crippen molar-refractivity contribution in [2.75, 3.05) is 52.9 Å². The van der Waals surface area contributed by atoms with E-state index in [4.69, 9.17) is 14.2 Å². The highest BCUT2D eigenvalue weighted by atomic mass is 32.2. The molecule has 0 spiro atoms. The summed E-state index contributed by atoms with van der Waals surface area (Å²) in [5.74, 6) is 1.08. The number of hydrogen-bond donors (Lipinski definition) is 0. The fraction of sp³-hybridized carbons (Fsp3) is 0.650. The number of benzene rings is 1. The van der Waals surface area contributed by atoms with Crippen molar-refractivity contribution in [3.8, 4) is 5.75 Å². The van der Waals surface area contributed by atoms with Gasteiger partial charge in [-0.1, -0.05) is 0 Å². The van der Waals surface area contributed by atoms with E-state index in [1.807, 2.05) is 4.90 Å². The number of nitrogens with zero attached hydrogens (tertiary/aromatic N) is 1. The summed E-state index contributed by atoms with van der Waals surface area (Å²) in [6.45, 7) is 3.31. The molecule has 158 valence electrons. The van der Waals surface area contributed by atoms with Crippen molar-refractivity contribution in [1.82, 2.24) is 4.90 Å². The lowest BCUT2D eigenvalue weighted by atomic mass is 9.97. The second-order valence-corrected chi connectivity index (χ2v) is 9.10. The quantitative estimate of drug-likeness (QED) is 0.517. The van der Waals surface area contributed by atoms with Gasteiger partial charge in [0.1, 0.15) is 5.75 Å². The Bertz CT molecular complexity index is 696. The van der Waals surface area contributed by atoms with Gasteiger partial charge in [0.05, 0.1) is 31.0 Å². The van der Waals surface area contributed by atoms with Gasteiger partial charge in [-0.2, -0.15) is 0 Å². The van der Waals surface area contributed by atoms with Crippen LogP contribution in [-0.2, 0) is 24.1 Å². The molecule has 1 saturated heterocycles. The van der Waals surface area contributed by atoms with Crippen LogP contribution in [0.5, 0.6) is 5.75 Å². The van der Waals surface area contributed by atoms with E-state index in [2.05, 4.69) is 0 Å². The molecule has 0 N–H and O–H groups in total. The van der Waals surface area contributed by atoms with Crippen molar-refractivity contribution in [2.24, 2.45) is 5.92 Å². The molecule has 1 heterocycles. The van der Waals surface area contributed by atoms with E-state index in [1.165, 1.54) is 19.2 Å². The molecule has 0 saturated carbocycles. The average Bonchev–Trinajstić information content (AvgIpc) is 2.71. The number of rotatable bonds is 11.